The first-order chi connectivity index (χ1) is 20.9. The molecular formula is C30H24Cl2F3N3O6. The number of hydrogen-bond donors (Lipinski definition) is 1. The molecule has 0 radical (unpaired) electrons. The summed E-state index contributed by atoms with van der Waals surface area (Å²) in [5.41, 5.74) is 1.24. The number of ether oxygens (including phenoxy) is 3. The Morgan fingerprint density at radius 1 is 1.11 bits per heavy atom. The average Bonchev–Trinajstić information content (AvgIpc) is 3.39. The van der Waals surface area contributed by atoms with Gasteiger partial charge in [-0.3, -0.25) is 9.58 Å². The molecule has 0 fully saturated rings. The summed E-state index contributed by atoms with van der Waals surface area (Å²) >= 11 is 12.2. The molecule has 0 atom stereocenters. The number of hydrogen-bond acceptors (Lipinski definition) is 6. The minimum Gasteiger partial charge on any atom is -0.490 e. The summed E-state index contributed by atoms with van der Waals surface area (Å²) in [5.74, 6) is -5.05. The van der Waals surface area contributed by atoms with Crippen LogP contribution in [0.2, 0.25) is 10.0 Å². The highest BCUT2D eigenvalue weighted by Crippen LogP contribution is 2.42. The van der Waals surface area contributed by atoms with E-state index in [1.165, 1.54) is 23.1 Å². The van der Waals surface area contributed by atoms with Gasteiger partial charge in [-0.15, -0.1) is 0 Å². The smallest absolute Gasteiger partial charge is 0.414 e. The summed E-state index contributed by atoms with van der Waals surface area (Å²) in [6.45, 7) is -0.616. The normalized spacial score (nSPS) is 13.9. The van der Waals surface area contributed by atoms with Gasteiger partial charge in [0.15, 0.2) is 12.4 Å². The van der Waals surface area contributed by atoms with E-state index in [9.17, 15) is 22.8 Å². The number of para-hydroxylation sites is 1. The number of alkyl halides is 2. The van der Waals surface area contributed by atoms with E-state index >= 15 is 0 Å². The minimum absolute atomic E-state index is 0.00185. The van der Waals surface area contributed by atoms with Gasteiger partial charge in [0.05, 0.1) is 30.5 Å². The molecule has 1 amide bonds. The van der Waals surface area contributed by atoms with Gasteiger partial charge in [0.2, 0.25) is 0 Å². The van der Waals surface area contributed by atoms with Gasteiger partial charge in [-0.05, 0) is 37.3 Å². The Morgan fingerprint density at radius 2 is 1.89 bits per heavy atom. The number of carboxylic acid groups (broad SMARTS) is 1. The van der Waals surface area contributed by atoms with Crippen molar-refractivity contribution in [3.05, 3.63) is 93.5 Å². The number of anilines is 1. The number of rotatable bonds is 8. The molecule has 1 aliphatic heterocycles. The predicted molar refractivity (Wildman–Crippen MR) is 156 cm³/mol. The SMILES string of the molecule is Cc1c(Cl)cccc1OCCOC(=O)N1CC(F)(F)COc2c(-c3cnn(Cc4c(F)cc(C(=O)O)cc4Cl)c3)cccc21. The molecule has 0 saturated heterocycles. The molecule has 230 valence electrons. The second-order valence-electron chi connectivity index (χ2n) is 9.86. The topological polar surface area (TPSA) is 103 Å². The lowest BCUT2D eigenvalue weighted by atomic mass is 10.1. The predicted octanol–water partition coefficient (Wildman–Crippen LogP) is 7.10. The Hall–Kier alpha value is -4.42. The van der Waals surface area contributed by atoms with Crippen molar-refractivity contribution < 1.29 is 42.1 Å². The molecule has 0 aliphatic carbocycles. The molecule has 0 saturated carbocycles. The van der Waals surface area contributed by atoms with E-state index in [1.54, 1.807) is 37.3 Å². The zero-order valence-electron chi connectivity index (χ0n) is 23.0. The van der Waals surface area contributed by atoms with Crippen molar-refractivity contribution in [1.82, 2.24) is 9.78 Å². The van der Waals surface area contributed by atoms with E-state index in [0.29, 0.717) is 27.5 Å². The third kappa shape index (κ3) is 6.71. The Labute approximate surface area is 259 Å². The minimum atomic E-state index is -3.40. The van der Waals surface area contributed by atoms with Gasteiger partial charge in [0.25, 0.3) is 5.92 Å². The van der Waals surface area contributed by atoms with Crippen molar-refractivity contribution in [2.75, 3.05) is 31.3 Å². The highest BCUT2D eigenvalue weighted by atomic mass is 35.5. The fourth-order valence-electron chi connectivity index (χ4n) is 4.55. The molecule has 3 aromatic carbocycles. The Kier molecular flexibility index (Phi) is 8.93. The number of carbonyl (C=O) groups is 2. The molecule has 2 heterocycles. The third-order valence-electron chi connectivity index (χ3n) is 6.76. The second kappa shape index (κ2) is 12.7. The van der Waals surface area contributed by atoms with Gasteiger partial charge < -0.3 is 19.3 Å². The van der Waals surface area contributed by atoms with Crippen LogP contribution >= 0.6 is 23.2 Å². The van der Waals surface area contributed by atoms with Gasteiger partial charge in [-0.25, -0.2) is 22.8 Å². The molecule has 1 aromatic heterocycles. The van der Waals surface area contributed by atoms with E-state index < -0.39 is 37.0 Å². The maximum absolute atomic E-state index is 14.8. The van der Waals surface area contributed by atoms with Crippen molar-refractivity contribution in [1.29, 1.82) is 0 Å². The molecule has 0 unspecified atom stereocenters. The summed E-state index contributed by atoms with van der Waals surface area (Å²) < 4.78 is 61.9. The number of aromatic carboxylic acids is 1. The van der Waals surface area contributed by atoms with Crippen LogP contribution in [0.15, 0.2) is 60.9 Å². The zero-order chi connectivity index (χ0) is 31.6. The van der Waals surface area contributed by atoms with E-state index in [2.05, 4.69) is 5.10 Å². The number of aromatic nitrogens is 2. The maximum Gasteiger partial charge on any atom is 0.414 e. The summed E-state index contributed by atoms with van der Waals surface area (Å²) in [5, 5.41) is 13.7. The number of carboxylic acids is 1. The standard InChI is InChI=1S/C30H24Cl2F3N3O6/c1-17-22(31)5-3-7-26(17)42-8-9-43-29(41)38-15-30(34,35)16-44-27-20(4-2-6-25(27)38)19-12-36-37(13-19)14-21-23(32)10-18(28(39)40)11-24(21)33/h2-7,10-13H,8-9,14-16H2,1H3,(H,39,40). The number of halogens is 5. The lowest BCUT2D eigenvalue weighted by Crippen LogP contribution is -2.42. The first kappa shape index (κ1) is 31.0. The molecule has 14 heteroatoms. The Morgan fingerprint density at radius 3 is 2.64 bits per heavy atom. The summed E-state index contributed by atoms with van der Waals surface area (Å²) in [7, 11) is 0. The lowest BCUT2D eigenvalue weighted by Gasteiger charge is -2.24. The largest absolute Gasteiger partial charge is 0.490 e. The molecule has 5 rings (SSSR count). The molecule has 9 nitrogen and oxygen atoms in total. The van der Waals surface area contributed by atoms with Crippen molar-refractivity contribution in [2.24, 2.45) is 0 Å². The van der Waals surface area contributed by atoms with Crippen LogP contribution in [-0.4, -0.2) is 59.2 Å². The number of fused-ring (bicyclic) bond motifs is 1. The summed E-state index contributed by atoms with van der Waals surface area (Å²) in [4.78, 5) is 25.0. The van der Waals surface area contributed by atoms with Crippen LogP contribution in [0.1, 0.15) is 21.5 Å². The molecular weight excluding hydrogens is 626 g/mol. The molecule has 0 bridgehead atoms. The van der Waals surface area contributed by atoms with Crippen molar-refractivity contribution >= 4 is 41.0 Å². The number of nitrogens with zero attached hydrogens (tertiary/aromatic N) is 3. The van der Waals surface area contributed by atoms with Crippen LogP contribution < -0.4 is 14.4 Å². The molecule has 4 aromatic rings. The number of carbonyl (C=O) groups excluding carboxylic acids is 1. The van der Waals surface area contributed by atoms with Crippen molar-refractivity contribution in [2.45, 2.75) is 19.4 Å². The van der Waals surface area contributed by atoms with Crippen LogP contribution in [0.25, 0.3) is 11.1 Å². The monoisotopic (exact) mass is 649 g/mol. The maximum atomic E-state index is 14.8. The van der Waals surface area contributed by atoms with Gasteiger partial charge in [-0.2, -0.15) is 5.10 Å². The fraction of sp³-hybridized carbons (Fsp3) is 0.233. The van der Waals surface area contributed by atoms with Crippen molar-refractivity contribution in [3.8, 4) is 22.6 Å². The highest BCUT2D eigenvalue weighted by Gasteiger charge is 2.41. The zero-order valence-corrected chi connectivity index (χ0v) is 24.5. The van der Waals surface area contributed by atoms with Crippen LogP contribution in [0.3, 0.4) is 0 Å². The van der Waals surface area contributed by atoms with Crippen LogP contribution in [0.5, 0.6) is 11.5 Å². The molecule has 44 heavy (non-hydrogen) atoms. The fourth-order valence-corrected chi connectivity index (χ4v) is 4.98. The number of benzene rings is 3. The molecule has 1 aliphatic rings. The third-order valence-corrected chi connectivity index (χ3v) is 7.51. The molecule has 0 spiro atoms. The van der Waals surface area contributed by atoms with E-state index in [4.69, 9.17) is 42.5 Å². The molecule has 1 N–H and O–H groups in total. The lowest BCUT2D eigenvalue weighted by molar-refractivity contribution is -0.0289. The van der Waals surface area contributed by atoms with E-state index in [1.807, 2.05) is 0 Å². The van der Waals surface area contributed by atoms with E-state index in [-0.39, 0.29) is 47.3 Å². The number of amides is 1. The van der Waals surface area contributed by atoms with Crippen LogP contribution in [0, 0.1) is 12.7 Å². The van der Waals surface area contributed by atoms with Crippen molar-refractivity contribution in [3.63, 3.8) is 0 Å². The van der Waals surface area contributed by atoms with Crippen LogP contribution in [0.4, 0.5) is 23.7 Å². The van der Waals surface area contributed by atoms with Gasteiger partial charge >= 0.3 is 12.1 Å². The summed E-state index contributed by atoms with van der Waals surface area (Å²) in [6.07, 6.45) is 1.91. The highest BCUT2D eigenvalue weighted by molar-refractivity contribution is 6.32. The first-order valence-electron chi connectivity index (χ1n) is 13.1. The first-order valence-corrected chi connectivity index (χ1v) is 13.9. The second-order valence-corrected chi connectivity index (χ2v) is 10.7. The Bertz CT molecular complexity index is 1710. The van der Waals surface area contributed by atoms with Gasteiger partial charge in [0.1, 0.15) is 24.8 Å². The Balaban J connectivity index is 1.35. The quantitative estimate of drug-likeness (QED) is 0.203. The van der Waals surface area contributed by atoms with Gasteiger partial charge in [0, 0.05) is 38.5 Å². The summed E-state index contributed by atoms with van der Waals surface area (Å²) in [6, 6.07) is 11.7. The van der Waals surface area contributed by atoms with Crippen LogP contribution in [-0.2, 0) is 11.3 Å². The average molecular weight is 650 g/mol. The van der Waals surface area contributed by atoms with Gasteiger partial charge in [-0.1, -0.05) is 41.4 Å². The van der Waals surface area contributed by atoms with E-state index in [0.717, 1.165) is 17.0 Å².